The van der Waals surface area contributed by atoms with Crippen molar-refractivity contribution in [1.29, 1.82) is 0 Å². The molecular weight excluding hydrogens is 246 g/mol. The minimum absolute atomic E-state index is 0.344. The topological polar surface area (TPSA) is 80.3 Å². The van der Waals surface area contributed by atoms with E-state index in [2.05, 4.69) is 15.6 Å². The van der Waals surface area contributed by atoms with E-state index in [0.717, 1.165) is 5.56 Å². The quantitative estimate of drug-likeness (QED) is 0.553. The number of pyridine rings is 1. The van der Waals surface area contributed by atoms with Crippen LogP contribution in [-0.2, 0) is 11.3 Å². The Morgan fingerprint density at radius 2 is 1.74 bits per heavy atom. The van der Waals surface area contributed by atoms with E-state index >= 15 is 0 Å². The number of rotatable bonds is 7. The van der Waals surface area contributed by atoms with Gasteiger partial charge in [0.15, 0.2) is 0 Å². The van der Waals surface area contributed by atoms with Gasteiger partial charge in [-0.25, -0.2) is 0 Å². The molecule has 0 bridgehead atoms. The van der Waals surface area contributed by atoms with E-state index in [9.17, 15) is 9.59 Å². The first kappa shape index (κ1) is 13.2. The average Bonchev–Trinajstić information content (AvgIpc) is 2.46. The van der Waals surface area contributed by atoms with Crippen LogP contribution in [0.3, 0.4) is 0 Å². The molecule has 0 unspecified atom stereocenters. The Morgan fingerprint density at radius 1 is 1.11 bits per heavy atom. The molecule has 2 rings (SSSR count). The van der Waals surface area contributed by atoms with Crippen molar-refractivity contribution in [2.75, 3.05) is 30.9 Å². The molecule has 1 aromatic heterocycles. The van der Waals surface area contributed by atoms with Crippen molar-refractivity contribution in [3.05, 3.63) is 50.5 Å². The van der Waals surface area contributed by atoms with Crippen LogP contribution in [0, 0.1) is 0 Å². The highest BCUT2D eigenvalue weighted by Gasteiger charge is 2.19. The number of hydrogen-bond donors (Lipinski definition) is 2. The first-order chi connectivity index (χ1) is 9.24. The van der Waals surface area contributed by atoms with Gasteiger partial charge in [0.2, 0.25) is 0 Å². The lowest BCUT2D eigenvalue weighted by atomic mass is 10.1. The first-order valence-corrected chi connectivity index (χ1v) is 5.93. The van der Waals surface area contributed by atoms with Crippen LogP contribution in [0.5, 0.6) is 0 Å². The summed E-state index contributed by atoms with van der Waals surface area (Å²) in [4.78, 5) is 26.8. The van der Waals surface area contributed by atoms with Gasteiger partial charge in [0, 0.05) is 32.6 Å². The first-order valence-electron chi connectivity index (χ1n) is 5.93. The van der Waals surface area contributed by atoms with Gasteiger partial charge in [0.1, 0.15) is 11.4 Å². The Bertz CT molecular complexity index is 603. The molecule has 0 spiro atoms. The third-order valence-corrected chi connectivity index (χ3v) is 2.74. The van der Waals surface area contributed by atoms with Crippen molar-refractivity contribution in [3.8, 4) is 0 Å². The summed E-state index contributed by atoms with van der Waals surface area (Å²) in [6.45, 7) is 1.44. The molecule has 6 heteroatoms. The fourth-order valence-corrected chi connectivity index (χ4v) is 1.70. The molecule has 1 aromatic carbocycles. The minimum atomic E-state index is -0.478. The highest BCUT2D eigenvalue weighted by atomic mass is 16.5. The van der Waals surface area contributed by atoms with Gasteiger partial charge in [-0.2, -0.15) is 0 Å². The minimum Gasteiger partial charge on any atom is -0.383 e. The van der Waals surface area contributed by atoms with E-state index in [-0.39, 0.29) is 0 Å². The lowest BCUT2D eigenvalue weighted by Gasteiger charge is -2.14. The molecule has 2 aromatic rings. The van der Waals surface area contributed by atoms with Gasteiger partial charge in [-0.1, -0.05) is 0 Å². The maximum atomic E-state index is 11.5. The zero-order valence-electron chi connectivity index (χ0n) is 10.6. The predicted molar refractivity (Wildman–Crippen MR) is 73.3 cm³/mol. The molecule has 6 nitrogen and oxygen atoms in total. The standard InChI is InChI=1S/C13H15N3O3/c1-19-7-6-15-10-11(13(18)12(10)17)16-8-9-2-4-14-5-3-9/h2-5,15-16H,6-8H2,1H3. The van der Waals surface area contributed by atoms with Crippen LogP contribution >= 0.6 is 0 Å². The molecule has 0 fully saturated rings. The zero-order chi connectivity index (χ0) is 13.7. The number of nitrogens with one attached hydrogen (secondary N) is 2. The number of nitrogens with zero attached hydrogens (tertiary/aromatic N) is 1. The molecule has 0 radical (unpaired) electrons. The third kappa shape index (κ3) is 2.97. The molecule has 19 heavy (non-hydrogen) atoms. The van der Waals surface area contributed by atoms with Gasteiger partial charge in [-0.15, -0.1) is 0 Å². The van der Waals surface area contributed by atoms with Gasteiger partial charge in [0.25, 0.3) is 10.9 Å². The summed E-state index contributed by atoms with van der Waals surface area (Å²) in [6.07, 6.45) is 3.35. The summed E-state index contributed by atoms with van der Waals surface area (Å²) >= 11 is 0. The van der Waals surface area contributed by atoms with Crippen LogP contribution < -0.4 is 21.5 Å². The van der Waals surface area contributed by atoms with E-state index < -0.39 is 10.9 Å². The third-order valence-electron chi connectivity index (χ3n) is 2.74. The number of anilines is 2. The molecule has 0 saturated carbocycles. The van der Waals surface area contributed by atoms with E-state index in [4.69, 9.17) is 4.74 Å². The number of hydrogen-bond acceptors (Lipinski definition) is 6. The maximum Gasteiger partial charge on any atom is 0.253 e. The Kier molecular flexibility index (Phi) is 4.25. The van der Waals surface area contributed by atoms with Gasteiger partial charge in [0.05, 0.1) is 6.61 Å². The summed E-state index contributed by atoms with van der Waals surface area (Å²) < 4.78 is 4.88. The fourth-order valence-electron chi connectivity index (χ4n) is 1.70. The average molecular weight is 261 g/mol. The maximum absolute atomic E-state index is 11.5. The van der Waals surface area contributed by atoms with Crippen molar-refractivity contribution >= 4 is 11.4 Å². The van der Waals surface area contributed by atoms with E-state index in [1.807, 2.05) is 12.1 Å². The largest absolute Gasteiger partial charge is 0.383 e. The normalized spacial score (nSPS) is 10.6. The monoisotopic (exact) mass is 261 g/mol. The van der Waals surface area contributed by atoms with Crippen molar-refractivity contribution < 1.29 is 4.74 Å². The molecule has 1 heterocycles. The summed E-state index contributed by atoms with van der Waals surface area (Å²) in [5, 5.41) is 5.87. The fraction of sp³-hybridized carbons (Fsp3) is 0.308. The highest BCUT2D eigenvalue weighted by Crippen LogP contribution is 2.14. The van der Waals surface area contributed by atoms with Gasteiger partial charge in [-0.3, -0.25) is 14.6 Å². The van der Waals surface area contributed by atoms with Gasteiger partial charge in [-0.05, 0) is 17.7 Å². The van der Waals surface area contributed by atoms with Crippen LogP contribution in [0.2, 0.25) is 0 Å². The van der Waals surface area contributed by atoms with E-state index in [1.165, 1.54) is 0 Å². The van der Waals surface area contributed by atoms with E-state index in [0.29, 0.717) is 31.1 Å². The molecule has 100 valence electrons. The van der Waals surface area contributed by atoms with Crippen LogP contribution in [0.25, 0.3) is 0 Å². The molecule has 0 amide bonds. The molecule has 0 aliphatic carbocycles. The van der Waals surface area contributed by atoms with Gasteiger partial charge >= 0.3 is 0 Å². The Balaban J connectivity index is 1.99. The molecular formula is C13H15N3O3. The summed E-state index contributed by atoms with van der Waals surface area (Å²) in [7, 11) is 1.58. The summed E-state index contributed by atoms with van der Waals surface area (Å²) in [5.41, 5.74) is 0.724. The second-order valence-electron chi connectivity index (χ2n) is 4.04. The predicted octanol–water partition coefficient (Wildman–Crippen LogP) is 0.348. The Hall–Kier alpha value is -2.21. The number of methoxy groups -OCH3 is 1. The van der Waals surface area contributed by atoms with Crippen molar-refractivity contribution in [2.45, 2.75) is 6.54 Å². The van der Waals surface area contributed by atoms with Crippen LogP contribution in [0.15, 0.2) is 34.1 Å². The van der Waals surface area contributed by atoms with E-state index in [1.54, 1.807) is 19.5 Å². The number of aromatic nitrogens is 1. The van der Waals surface area contributed by atoms with Crippen molar-refractivity contribution in [2.24, 2.45) is 0 Å². The molecule has 0 atom stereocenters. The summed E-state index contributed by atoms with van der Waals surface area (Å²) in [6, 6.07) is 3.69. The van der Waals surface area contributed by atoms with Crippen LogP contribution in [0.1, 0.15) is 5.56 Å². The van der Waals surface area contributed by atoms with Crippen LogP contribution in [0.4, 0.5) is 11.4 Å². The Morgan fingerprint density at radius 3 is 2.37 bits per heavy atom. The molecule has 0 aliphatic heterocycles. The molecule has 0 saturated heterocycles. The van der Waals surface area contributed by atoms with Gasteiger partial charge < -0.3 is 15.4 Å². The molecule has 0 aliphatic rings. The smallest absolute Gasteiger partial charge is 0.253 e. The summed E-state index contributed by atoms with van der Waals surface area (Å²) in [5.74, 6) is 0. The zero-order valence-corrected chi connectivity index (χ0v) is 10.6. The number of ether oxygens (including phenoxy) is 1. The second kappa shape index (κ2) is 6.10. The van der Waals surface area contributed by atoms with Crippen LogP contribution in [-0.4, -0.2) is 25.2 Å². The van der Waals surface area contributed by atoms with Crippen molar-refractivity contribution in [3.63, 3.8) is 0 Å². The molecule has 2 N–H and O–H groups in total. The Labute approximate surface area is 110 Å². The highest BCUT2D eigenvalue weighted by molar-refractivity contribution is 5.73. The lowest BCUT2D eigenvalue weighted by Crippen LogP contribution is -2.37. The van der Waals surface area contributed by atoms with Crippen molar-refractivity contribution in [1.82, 2.24) is 4.98 Å². The second-order valence-corrected chi connectivity index (χ2v) is 4.04. The lowest BCUT2D eigenvalue weighted by molar-refractivity contribution is 0.210. The SMILES string of the molecule is COCCNc1c(NCc2ccncc2)c(=O)c1=O.